The van der Waals surface area contributed by atoms with Crippen molar-refractivity contribution in [3.05, 3.63) is 53.6 Å². The topological polar surface area (TPSA) is 67.8 Å². The molecule has 0 amide bonds. The second kappa shape index (κ2) is 9.05. The standard InChI is InChI=1S/C25H29O5PS.Na/c1-24(2)17-12-13-25(3,15-17)23(24)30-31(26,27)29-20-14-16-8-5-6-11-21(16)32-22-18(20)9-7-10-19(22)28-4;/h5-11,14,17,23H,12-13,15H2,1-4H3,(H,26,27);/q;+1/p-1/t17-,23-,25+;/m0./s1. The summed E-state index contributed by atoms with van der Waals surface area (Å²) >= 11 is 1.54. The van der Waals surface area contributed by atoms with Gasteiger partial charge in [-0.1, -0.05) is 56.8 Å². The van der Waals surface area contributed by atoms with Gasteiger partial charge < -0.3 is 18.7 Å². The van der Waals surface area contributed by atoms with E-state index in [0.717, 1.165) is 34.6 Å². The minimum Gasteiger partial charge on any atom is -0.746 e. The summed E-state index contributed by atoms with van der Waals surface area (Å²) in [4.78, 5) is 15.1. The van der Waals surface area contributed by atoms with Crippen LogP contribution in [0.25, 0.3) is 11.8 Å². The van der Waals surface area contributed by atoms with Crippen LogP contribution in [0.4, 0.5) is 0 Å². The van der Waals surface area contributed by atoms with Crippen molar-refractivity contribution in [2.45, 2.75) is 55.9 Å². The Kier molecular flexibility index (Phi) is 6.96. The summed E-state index contributed by atoms with van der Waals surface area (Å²) < 4.78 is 30.4. The van der Waals surface area contributed by atoms with Gasteiger partial charge in [-0.3, -0.25) is 4.57 Å². The third-order valence-corrected chi connectivity index (χ3v) is 9.57. The maximum Gasteiger partial charge on any atom is 1.00 e. The molecule has 0 radical (unpaired) electrons. The smallest absolute Gasteiger partial charge is 0.746 e. The number of hydrogen-bond donors (Lipinski definition) is 0. The van der Waals surface area contributed by atoms with Gasteiger partial charge in [0.25, 0.3) is 0 Å². The van der Waals surface area contributed by atoms with E-state index < -0.39 is 13.9 Å². The van der Waals surface area contributed by atoms with Crippen molar-refractivity contribution < 1.29 is 52.8 Å². The predicted molar refractivity (Wildman–Crippen MR) is 124 cm³/mol. The molecule has 5 rings (SSSR count). The number of rotatable bonds is 5. The number of fused-ring (bicyclic) bond motifs is 4. The minimum absolute atomic E-state index is 0. The molecule has 2 fully saturated rings. The Morgan fingerprint density at radius 2 is 1.88 bits per heavy atom. The van der Waals surface area contributed by atoms with Gasteiger partial charge in [0.2, 0.25) is 0 Å². The minimum atomic E-state index is -4.64. The molecular weight excluding hydrogens is 466 g/mol. The van der Waals surface area contributed by atoms with Crippen LogP contribution in [0.1, 0.15) is 51.2 Å². The van der Waals surface area contributed by atoms with Crippen molar-refractivity contribution in [2.24, 2.45) is 16.7 Å². The first-order chi connectivity index (χ1) is 15.1. The van der Waals surface area contributed by atoms with Gasteiger partial charge in [-0.15, -0.1) is 0 Å². The van der Waals surface area contributed by atoms with Gasteiger partial charge in [-0.05, 0) is 65.8 Å². The summed E-state index contributed by atoms with van der Waals surface area (Å²) in [6, 6.07) is 13.4. The summed E-state index contributed by atoms with van der Waals surface area (Å²) in [7, 11) is -3.03. The first-order valence-electron chi connectivity index (χ1n) is 11.0. The maximum atomic E-state index is 13.3. The molecule has 170 valence electrons. The van der Waals surface area contributed by atoms with Gasteiger partial charge in [0, 0.05) is 10.5 Å². The fourth-order valence-electron chi connectivity index (χ4n) is 5.86. The molecule has 4 atom stereocenters. The number of benzene rings is 2. The molecule has 0 aromatic heterocycles. The third-order valence-electron chi connectivity index (χ3n) is 7.46. The fourth-order valence-corrected chi connectivity index (χ4v) is 8.22. The number of hydrogen-bond acceptors (Lipinski definition) is 6. The fraction of sp³-hybridized carbons (Fsp3) is 0.440. The Labute approximate surface area is 222 Å². The summed E-state index contributed by atoms with van der Waals surface area (Å²) in [6.07, 6.45) is 4.49. The van der Waals surface area contributed by atoms with Crippen LogP contribution in [0, 0.1) is 16.7 Å². The quantitative estimate of drug-likeness (QED) is 0.469. The van der Waals surface area contributed by atoms with E-state index in [0.29, 0.717) is 17.2 Å². The number of phosphoric acid groups is 1. The molecule has 33 heavy (non-hydrogen) atoms. The number of phosphoric ester groups is 1. The Bertz CT molecular complexity index is 1140. The molecular formula is C25H28NaO5PS. The molecule has 1 heterocycles. The number of methoxy groups -OCH3 is 1. The first kappa shape index (κ1) is 25.4. The molecule has 2 aliphatic carbocycles. The summed E-state index contributed by atoms with van der Waals surface area (Å²) in [5.41, 5.74) is 1.21. The largest absolute Gasteiger partial charge is 1.00 e. The molecule has 0 saturated heterocycles. The Hall–Kier alpha value is -0.720. The Balaban J connectivity index is 0.00000259. The summed E-state index contributed by atoms with van der Waals surface area (Å²) in [6.45, 7) is 6.37. The zero-order valence-corrected chi connectivity index (χ0v) is 23.5. The van der Waals surface area contributed by atoms with Crippen molar-refractivity contribution in [3.8, 4) is 5.75 Å². The molecule has 2 bridgehead atoms. The van der Waals surface area contributed by atoms with E-state index in [1.54, 1.807) is 13.2 Å². The van der Waals surface area contributed by atoms with E-state index in [-0.39, 0.29) is 46.1 Å². The Morgan fingerprint density at radius 3 is 2.58 bits per heavy atom. The van der Waals surface area contributed by atoms with Crippen LogP contribution in [0.5, 0.6) is 5.75 Å². The zero-order valence-electron chi connectivity index (χ0n) is 19.8. The predicted octanol–water partition coefficient (Wildman–Crippen LogP) is 3.38. The molecule has 8 heteroatoms. The third kappa shape index (κ3) is 4.49. The molecule has 2 aromatic rings. The zero-order chi connectivity index (χ0) is 22.7. The van der Waals surface area contributed by atoms with Crippen LogP contribution in [-0.4, -0.2) is 13.2 Å². The normalized spacial score (nSPS) is 28.5. The van der Waals surface area contributed by atoms with Gasteiger partial charge in [0.1, 0.15) is 11.5 Å². The average molecular weight is 495 g/mol. The Morgan fingerprint density at radius 1 is 1.12 bits per heavy atom. The summed E-state index contributed by atoms with van der Waals surface area (Å²) in [5, 5.41) is 0. The number of ether oxygens (including phenoxy) is 1. The van der Waals surface area contributed by atoms with Gasteiger partial charge in [-0.2, -0.15) is 0 Å². The van der Waals surface area contributed by atoms with Crippen molar-refractivity contribution >= 4 is 31.4 Å². The van der Waals surface area contributed by atoms with Crippen LogP contribution in [0.2, 0.25) is 0 Å². The van der Waals surface area contributed by atoms with E-state index in [1.807, 2.05) is 42.5 Å². The van der Waals surface area contributed by atoms with Crippen LogP contribution < -0.4 is 39.2 Å². The van der Waals surface area contributed by atoms with E-state index in [9.17, 15) is 9.46 Å². The molecule has 3 aliphatic rings. The van der Waals surface area contributed by atoms with E-state index in [2.05, 4.69) is 20.8 Å². The van der Waals surface area contributed by atoms with Crippen LogP contribution in [0.3, 0.4) is 0 Å². The monoisotopic (exact) mass is 494 g/mol. The molecule has 5 nitrogen and oxygen atoms in total. The first-order valence-corrected chi connectivity index (χ1v) is 13.3. The molecule has 1 unspecified atom stereocenters. The van der Waals surface area contributed by atoms with Crippen molar-refractivity contribution in [1.29, 1.82) is 0 Å². The van der Waals surface area contributed by atoms with Crippen molar-refractivity contribution in [3.63, 3.8) is 0 Å². The second-order valence-electron chi connectivity index (χ2n) is 9.92. The van der Waals surface area contributed by atoms with Crippen LogP contribution in [0.15, 0.2) is 52.3 Å². The van der Waals surface area contributed by atoms with Crippen LogP contribution in [-0.2, 0) is 13.6 Å². The molecule has 2 saturated carbocycles. The van der Waals surface area contributed by atoms with Crippen molar-refractivity contribution in [2.75, 3.05) is 7.11 Å². The van der Waals surface area contributed by atoms with Gasteiger partial charge >= 0.3 is 37.4 Å². The molecule has 2 aromatic carbocycles. The van der Waals surface area contributed by atoms with Gasteiger partial charge in [0.15, 0.2) is 0 Å². The average Bonchev–Trinajstić information content (AvgIpc) is 3.16. The van der Waals surface area contributed by atoms with E-state index in [1.165, 1.54) is 11.8 Å². The molecule has 1 aliphatic heterocycles. The maximum absolute atomic E-state index is 13.3. The van der Waals surface area contributed by atoms with Crippen molar-refractivity contribution in [1.82, 2.24) is 0 Å². The SMILES string of the molecule is COc1cccc2c1Sc1ccccc1C=C2OP(=O)([O-])O[C@H]1C(C)(C)[C@H]2CC[C@]1(C)C2.[Na+]. The van der Waals surface area contributed by atoms with E-state index >= 15 is 0 Å². The molecule has 0 spiro atoms. The molecule has 0 N–H and O–H groups in total. The van der Waals surface area contributed by atoms with Gasteiger partial charge in [0.05, 0.1) is 18.1 Å². The van der Waals surface area contributed by atoms with Crippen LogP contribution >= 0.6 is 19.6 Å². The summed E-state index contributed by atoms with van der Waals surface area (Å²) in [5.74, 6) is 1.39. The van der Waals surface area contributed by atoms with Gasteiger partial charge in [-0.25, -0.2) is 0 Å². The second-order valence-corrected chi connectivity index (χ2v) is 12.3. The van der Waals surface area contributed by atoms with E-state index in [4.69, 9.17) is 13.8 Å².